The SMILES string of the molecule is Cc1ccc(-c2cccc(CN3CCCC3C(=O)NC3CC3)c2)cc1Cl. The van der Waals surface area contributed by atoms with Crippen LogP contribution in [0.1, 0.15) is 36.8 Å². The first-order chi connectivity index (χ1) is 12.6. The van der Waals surface area contributed by atoms with Crippen LogP contribution < -0.4 is 5.32 Å². The summed E-state index contributed by atoms with van der Waals surface area (Å²) >= 11 is 6.29. The van der Waals surface area contributed by atoms with Crippen LogP contribution in [0.25, 0.3) is 11.1 Å². The number of hydrogen-bond acceptors (Lipinski definition) is 2. The lowest BCUT2D eigenvalue weighted by Crippen LogP contribution is -2.43. The minimum absolute atomic E-state index is 0.0214. The first kappa shape index (κ1) is 17.6. The molecular formula is C22H25ClN2O. The molecule has 1 unspecified atom stereocenters. The third-order valence-corrected chi connectivity index (χ3v) is 5.82. The molecule has 2 aromatic rings. The minimum atomic E-state index is 0.0214. The average Bonchev–Trinajstić information content (AvgIpc) is 3.33. The van der Waals surface area contributed by atoms with E-state index in [4.69, 9.17) is 11.6 Å². The van der Waals surface area contributed by atoms with Crippen molar-refractivity contribution in [3.63, 3.8) is 0 Å². The predicted octanol–water partition coefficient (Wildman–Crippen LogP) is 4.56. The summed E-state index contributed by atoms with van der Waals surface area (Å²) in [7, 11) is 0. The lowest BCUT2D eigenvalue weighted by Gasteiger charge is -2.24. The molecule has 4 heteroatoms. The van der Waals surface area contributed by atoms with Gasteiger partial charge in [0.2, 0.25) is 5.91 Å². The molecule has 2 aromatic carbocycles. The molecule has 1 N–H and O–H groups in total. The van der Waals surface area contributed by atoms with Gasteiger partial charge in [-0.05, 0) is 73.5 Å². The normalized spacial score (nSPS) is 20.3. The maximum Gasteiger partial charge on any atom is 0.237 e. The van der Waals surface area contributed by atoms with E-state index in [9.17, 15) is 4.79 Å². The number of likely N-dealkylation sites (tertiary alicyclic amines) is 1. The van der Waals surface area contributed by atoms with Crippen molar-refractivity contribution in [2.45, 2.75) is 51.2 Å². The van der Waals surface area contributed by atoms with E-state index >= 15 is 0 Å². The molecule has 26 heavy (non-hydrogen) atoms. The van der Waals surface area contributed by atoms with Gasteiger partial charge in [-0.2, -0.15) is 0 Å². The number of nitrogens with one attached hydrogen (secondary N) is 1. The van der Waals surface area contributed by atoms with E-state index in [-0.39, 0.29) is 11.9 Å². The van der Waals surface area contributed by atoms with Crippen molar-refractivity contribution in [1.29, 1.82) is 0 Å². The van der Waals surface area contributed by atoms with Crippen molar-refractivity contribution < 1.29 is 4.79 Å². The van der Waals surface area contributed by atoms with E-state index in [1.54, 1.807) is 0 Å². The zero-order chi connectivity index (χ0) is 18.1. The average molecular weight is 369 g/mol. The Balaban J connectivity index is 1.49. The monoisotopic (exact) mass is 368 g/mol. The zero-order valence-electron chi connectivity index (χ0n) is 15.2. The lowest BCUT2D eigenvalue weighted by atomic mass is 10.0. The lowest BCUT2D eigenvalue weighted by molar-refractivity contribution is -0.125. The molecule has 0 radical (unpaired) electrons. The number of nitrogens with zero attached hydrogens (tertiary/aromatic N) is 1. The topological polar surface area (TPSA) is 32.3 Å². The fourth-order valence-electron chi connectivity index (χ4n) is 3.69. The van der Waals surface area contributed by atoms with Crippen LogP contribution in [0.2, 0.25) is 5.02 Å². The second-order valence-electron chi connectivity index (χ2n) is 7.58. The molecule has 0 aromatic heterocycles. The summed E-state index contributed by atoms with van der Waals surface area (Å²) < 4.78 is 0. The molecule has 136 valence electrons. The largest absolute Gasteiger partial charge is 0.352 e. The summed E-state index contributed by atoms with van der Waals surface area (Å²) in [5.41, 5.74) is 4.63. The number of aryl methyl sites for hydroxylation is 1. The van der Waals surface area contributed by atoms with Crippen molar-refractivity contribution in [2.75, 3.05) is 6.54 Å². The van der Waals surface area contributed by atoms with Gasteiger partial charge in [0.15, 0.2) is 0 Å². The molecule has 1 aliphatic heterocycles. The van der Waals surface area contributed by atoms with E-state index < -0.39 is 0 Å². The van der Waals surface area contributed by atoms with E-state index in [2.05, 4.69) is 46.6 Å². The Labute approximate surface area is 160 Å². The van der Waals surface area contributed by atoms with Crippen molar-refractivity contribution in [3.05, 3.63) is 58.6 Å². The molecule has 1 heterocycles. The zero-order valence-corrected chi connectivity index (χ0v) is 15.9. The van der Waals surface area contributed by atoms with Crippen molar-refractivity contribution in [2.24, 2.45) is 0 Å². The Hall–Kier alpha value is -1.84. The second kappa shape index (κ2) is 7.42. The number of halogens is 1. The van der Waals surface area contributed by atoms with Gasteiger partial charge in [0, 0.05) is 17.6 Å². The standard InChI is InChI=1S/C22H25ClN2O/c1-15-7-8-18(13-20(15)23)17-5-2-4-16(12-17)14-25-11-3-6-21(25)22(26)24-19-9-10-19/h2,4-5,7-8,12-13,19,21H,3,6,9-11,14H2,1H3,(H,24,26). The van der Waals surface area contributed by atoms with Crippen LogP contribution in [-0.4, -0.2) is 29.4 Å². The van der Waals surface area contributed by atoms with Crippen LogP contribution in [0, 0.1) is 6.92 Å². The molecule has 1 amide bonds. The molecule has 0 bridgehead atoms. The molecule has 1 atom stereocenters. The molecule has 1 saturated heterocycles. The fourth-order valence-corrected chi connectivity index (χ4v) is 3.87. The summed E-state index contributed by atoms with van der Waals surface area (Å²) in [5, 5.41) is 3.96. The fraction of sp³-hybridized carbons (Fsp3) is 0.409. The van der Waals surface area contributed by atoms with Crippen LogP contribution in [0.4, 0.5) is 0 Å². The summed E-state index contributed by atoms with van der Waals surface area (Å²) in [6, 6.07) is 15.2. The third-order valence-electron chi connectivity index (χ3n) is 5.41. The molecule has 4 rings (SSSR count). The number of benzene rings is 2. The second-order valence-corrected chi connectivity index (χ2v) is 7.98. The van der Waals surface area contributed by atoms with Gasteiger partial charge < -0.3 is 5.32 Å². The third kappa shape index (κ3) is 3.94. The summed E-state index contributed by atoms with van der Waals surface area (Å²) in [4.78, 5) is 14.8. The Morgan fingerprint density at radius 1 is 1.15 bits per heavy atom. The van der Waals surface area contributed by atoms with Gasteiger partial charge in [-0.3, -0.25) is 9.69 Å². The molecule has 1 saturated carbocycles. The number of carbonyl (C=O) groups is 1. The predicted molar refractivity (Wildman–Crippen MR) is 106 cm³/mol. The first-order valence-corrected chi connectivity index (χ1v) is 9.88. The van der Waals surface area contributed by atoms with Gasteiger partial charge in [0.1, 0.15) is 0 Å². The van der Waals surface area contributed by atoms with E-state index in [0.717, 1.165) is 54.9 Å². The molecular weight excluding hydrogens is 344 g/mol. The molecule has 2 fully saturated rings. The van der Waals surface area contributed by atoms with Crippen LogP contribution >= 0.6 is 11.6 Å². The van der Waals surface area contributed by atoms with E-state index in [1.807, 2.05) is 13.0 Å². The van der Waals surface area contributed by atoms with Gasteiger partial charge in [0.25, 0.3) is 0 Å². The number of rotatable bonds is 5. The van der Waals surface area contributed by atoms with Gasteiger partial charge in [0.05, 0.1) is 6.04 Å². The number of carbonyl (C=O) groups excluding carboxylic acids is 1. The minimum Gasteiger partial charge on any atom is -0.352 e. The molecule has 3 nitrogen and oxygen atoms in total. The first-order valence-electron chi connectivity index (χ1n) is 9.50. The number of hydrogen-bond donors (Lipinski definition) is 1. The summed E-state index contributed by atoms with van der Waals surface area (Å²) in [6.45, 7) is 3.82. The quantitative estimate of drug-likeness (QED) is 0.839. The van der Waals surface area contributed by atoms with Crippen molar-refractivity contribution in [1.82, 2.24) is 10.2 Å². The highest BCUT2D eigenvalue weighted by molar-refractivity contribution is 6.31. The highest BCUT2D eigenvalue weighted by atomic mass is 35.5. The maximum absolute atomic E-state index is 12.5. The Kier molecular flexibility index (Phi) is 5.01. The van der Waals surface area contributed by atoms with Gasteiger partial charge in [-0.15, -0.1) is 0 Å². The summed E-state index contributed by atoms with van der Waals surface area (Å²) in [6.07, 6.45) is 4.33. The Morgan fingerprint density at radius 3 is 2.73 bits per heavy atom. The van der Waals surface area contributed by atoms with Crippen molar-refractivity contribution >= 4 is 17.5 Å². The van der Waals surface area contributed by atoms with Crippen LogP contribution in [0.3, 0.4) is 0 Å². The highest BCUT2D eigenvalue weighted by Crippen LogP contribution is 2.28. The van der Waals surface area contributed by atoms with Crippen LogP contribution in [0.15, 0.2) is 42.5 Å². The van der Waals surface area contributed by atoms with Crippen molar-refractivity contribution in [3.8, 4) is 11.1 Å². The Morgan fingerprint density at radius 2 is 1.96 bits per heavy atom. The summed E-state index contributed by atoms with van der Waals surface area (Å²) in [5.74, 6) is 0.214. The van der Waals surface area contributed by atoms with E-state index in [0.29, 0.717) is 6.04 Å². The Bertz CT molecular complexity index is 816. The van der Waals surface area contributed by atoms with Crippen LogP contribution in [-0.2, 0) is 11.3 Å². The van der Waals surface area contributed by atoms with Gasteiger partial charge >= 0.3 is 0 Å². The van der Waals surface area contributed by atoms with Gasteiger partial charge in [-0.25, -0.2) is 0 Å². The van der Waals surface area contributed by atoms with Gasteiger partial charge in [-0.1, -0.05) is 41.9 Å². The van der Waals surface area contributed by atoms with Crippen LogP contribution in [0.5, 0.6) is 0 Å². The highest BCUT2D eigenvalue weighted by Gasteiger charge is 2.33. The molecule has 1 aliphatic carbocycles. The number of amides is 1. The maximum atomic E-state index is 12.5. The molecule has 2 aliphatic rings. The van der Waals surface area contributed by atoms with E-state index in [1.165, 1.54) is 11.1 Å². The molecule has 0 spiro atoms. The smallest absolute Gasteiger partial charge is 0.237 e.